The van der Waals surface area contributed by atoms with Crippen molar-refractivity contribution in [3.63, 3.8) is 0 Å². The van der Waals surface area contributed by atoms with Gasteiger partial charge in [-0.15, -0.1) is 0 Å². The van der Waals surface area contributed by atoms with Gasteiger partial charge in [0.15, 0.2) is 11.4 Å². The number of carbonyl (C=O) groups is 1. The van der Waals surface area contributed by atoms with Crippen LogP contribution >= 0.6 is 0 Å². The molecule has 0 aliphatic heterocycles. The molecular formula is C17H16N2O5S. The number of hydrogen-bond donors (Lipinski definition) is 1. The minimum Gasteiger partial charge on any atom is -0.408 e. The number of ketones is 1. The zero-order valence-electron chi connectivity index (χ0n) is 13.9. The van der Waals surface area contributed by atoms with Gasteiger partial charge < -0.3 is 4.42 Å². The van der Waals surface area contributed by atoms with E-state index in [4.69, 9.17) is 4.42 Å². The number of anilines is 1. The van der Waals surface area contributed by atoms with Crippen LogP contribution in [0.1, 0.15) is 22.8 Å². The molecule has 3 aromatic rings. The standard InChI is InChI=1S/C17H16N2O5S/c1-10-7-14-15(24-17(21)19(14)3)9-16(10)25(22,23)18-13-6-4-5-12(8-13)11(2)20/h4-9,18H,1-3H3. The third-order valence-electron chi connectivity index (χ3n) is 3.90. The molecule has 7 nitrogen and oxygen atoms in total. The van der Waals surface area contributed by atoms with Crippen LogP contribution < -0.4 is 10.5 Å². The fourth-order valence-corrected chi connectivity index (χ4v) is 3.85. The predicted octanol–water partition coefficient (Wildman–Crippen LogP) is 2.44. The van der Waals surface area contributed by atoms with Gasteiger partial charge in [0, 0.05) is 24.4 Å². The van der Waals surface area contributed by atoms with Crippen LogP contribution in [0.3, 0.4) is 0 Å². The summed E-state index contributed by atoms with van der Waals surface area (Å²) in [5, 5.41) is 0. The monoisotopic (exact) mass is 360 g/mol. The van der Waals surface area contributed by atoms with Crippen LogP contribution in [-0.2, 0) is 17.1 Å². The number of Topliss-reactive ketones (excluding diaryl/α,β-unsaturated/α-hetero) is 1. The van der Waals surface area contributed by atoms with Crippen LogP contribution in [0.5, 0.6) is 0 Å². The first-order valence-electron chi connectivity index (χ1n) is 7.43. The van der Waals surface area contributed by atoms with E-state index >= 15 is 0 Å². The number of rotatable bonds is 4. The molecule has 130 valence electrons. The summed E-state index contributed by atoms with van der Waals surface area (Å²) in [5.74, 6) is -0.726. The molecule has 8 heteroatoms. The summed E-state index contributed by atoms with van der Waals surface area (Å²) in [6.45, 7) is 3.04. The molecule has 3 rings (SSSR count). The summed E-state index contributed by atoms with van der Waals surface area (Å²) in [5.41, 5.74) is 1.86. The highest BCUT2D eigenvalue weighted by Crippen LogP contribution is 2.25. The Morgan fingerprint density at radius 2 is 1.92 bits per heavy atom. The molecule has 0 spiro atoms. The van der Waals surface area contributed by atoms with Gasteiger partial charge >= 0.3 is 5.76 Å². The lowest BCUT2D eigenvalue weighted by Crippen LogP contribution is -2.14. The topological polar surface area (TPSA) is 98.4 Å². The molecule has 0 atom stereocenters. The maximum atomic E-state index is 12.7. The SMILES string of the molecule is CC(=O)c1cccc(NS(=O)(=O)c2cc3oc(=O)n(C)c3cc2C)c1. The van der Waals surface area contributed by atoms with Crippen molar-refractivity contribution in [2.24, 2.45) is 7.05 Å². The van der Waals surface area contributed by atoms with Crippen LogP contribution in [0.4, 0.5) is 5.69 Å². The van der Waals surface area contributed by atoms with E-state index in [0.717, 1.165) is 0 Å². The van der Waals surface area contributed by atoms with Crippen LogP contribution in [0.25, 0.3) is 11.1 Å². The van der Waals surface area contributed by atoms with Crippen molar-refractivity contribution in [3.8, 4) is 0 Å². The van der Waals surface area contributed by atoms with E-state index in [-0.39, 0.29) is 21.9 Å². The first kappa shape index (κ1) is 17.0. The lowest BCUT2D eigenvalue weighted by Gasteiger charge is -2.11. The number of aryl methyl sites for hydroxylation is 2. The summed E-state index contributed by atoms with van der Waals surface area (Å²) in [7, 11) is -2.37. The quantitative estimate of drug-likeness (QED) is 0.721. The number of oxazole rings is 1. The number of hydrogen-bond acceptors (Lipinski definition) is 5. The van der Waals surface area contributed by atoms with E-state index in [1.54, 1.807) is 38.2 Å². The molecular weight excluding hydrogens is 344 g/mol. The molecule has 2 aromatic carbocycles. The second-order valence-corrected chi connectivity index (χ2v) is 7.41. The van der Waals surface area contributed by atoms with E-state index < -0.39 is 15.8 Å². The van der Waals surface area contributed by atoms with Crippen molar-refractivity contribution in [2.45, 2.75) is 18.7 Å². The number of fused-ring (bicyclic) bond motifs is 1. The van der Waals surface area contributed by atoms with Crippen molar-refractivity contribution < 1.29 is 17.6 Å². The number of aromatic nitrogens is 1. The fourth-order valence-electron chi connectivity index (χ4n) is 2.56. The van der Waals surface area contributed by atoms with E-state index in [2.05, 4.69) is 4.72 Å². The van der Waals surface area contributed by atoms with Crippen LogP contribution in [0.15, 0.2) is 50.5 Å². The lowest BCUT2D eigenvalue weighted by atomic mass is 10.1. The molecule has 25 heavy (non-hydrogen) atoms. The van der Waals surface area contributed by atoms with Crippen molar-refractivity contribution in [1.82, 2.24) is 4.57 Å². The zero-order chi connectivity index (χ0) is 18.4. The van der Waals surface area contributed by atoms with E-state index in [9.17, 15) is 18.0 Å². The van der Waals surface area contributed by atoms with Crippen LogP contribution in [0, 0.1) is 6.92 Å². The number of nitrogens with one attached hydrogen (secondary N) is 1. The molecule has 0 amide bonds. The maximum absolute atomic E-state index is 12.7. The van der Waals surface area contributed by atoms with E-state index in [1.165, 1.54) is 23.6 Å². The maximum Gasteiger partial charge on any atom is 0.419 e. The Kier molecular flexibility index (Phi) is 4.00. The van der Waals surface area contributed by atoms with Gasteiger partial charge in [-0.3, -0.25) is 14.1 Å². The van der Waals surface area contributed by atoms with Gasteiger partial charge in [0.1, 0.15) is 0 Å². The summed E-state index contributed by atoms with van der Waals surface area (Å²) >= 11 is 0. The van der Waals surface area contributed by atoms with Gasteiger partial charge in [-0.05, 0) is 37.6 Å². The zero-order valence-corrected chi connectivity index (χ0v) is 14.7. The van der Waals surface area contributed by atoms with Gasteiger partial charge in [-0.25, -0.2) is 13.2 Å². The van der Waals surface area contributed by atoms with Gasteiger partial charge in [0.05, 0.1) is 10.4 Å². The molecule has 0 aliphatic carbocycles. The van der Waals surface area contributed by atoms with Gasteiger partial charge in [-0.1, -0.05) is 12.1 Å². The summed E-state index contributed by atoms with van der Waals surface area (Å²) in [6, 6.07) is 9.14. The Hall–Kier alpha value is -2.87. The third-order valence-corrected chi connectivity index (χ3v) is 5.42. The minimum atomic E-state index is -3.91. The second kappa shape index (κ2) is 5.89. The molecule has 0 radical (unpaired) electrons. The fraction of sp³-hybridized carbons (Fsp3) is 0.176. The summed E-state index contributed by atoms with van der Waals surface area (Å²) in [6.07, 6.45) is 0. The molecule has 1 aromatic heterocycles. The molecule has 1 heterocycles. The van der Waals surface area contributed by atoms with Gasteiger partial charge in [0.25, 0.3) is 10.0 Å². The average Bonchev–Trinajstić information content (AvgIpc) is 2.81. The lowest BCUT2D eigenvalue weighted by molar-refractivity contribution is 0.101. The molecule has 0 saturated heterocycles. The molecule has 0 unspecified atom stereocenters. The third kappa shape index (κ3) is 3.08. The van der Waals surface area contributed by atoms with Crippen LogP contribution in [-0.4, -0.2) is 18.8 Å². The summed E-state index contributed by atoms with van der Waals surface area (Å²) < 4.78 is 34.3. The summed E-state index contributed by atoms with van der Waals surface area (Å²) in [4.78, 5) is 23.1. The van der Waals surface area contributed by atoms with Crippen LogP contribution in [0.2, 0.25) is 0 Å². The predicted molar refractivity (Wildman–Crippen MR) is 93.4 cm³/mol. The first-order valence-corrected chi connectivity index (χ1v) is 8.91. The minimum absolute atomic E-state index is 0.00239. The van der Waals surface area contributed by atoms with Crippen molar-refractivity contribution in [1.29, 1.82) is 0 Å². The smallest absolute Gasteiger partial charge is 0.408 e. The Balaban J connectivity index is 2.07. The number of sulfonamides is 1. The second-order valence-electron chi connectivity index (χ2n) is 5.75. The Morgan fingerprint density at radius 3 is 2.60 bits per heavy atom. The highest BCUT2D eigenvalue weighted by molar-refractivity contribution is 7.92. The van der Waals surface area contributed by atoms with Gasteiger partial charge in [0.2, 0.25) is 0 Å². The van der Waals surface area contributed by atoms with Crippen molar-refractivity contribution in [2.75, 3.05) is 4.72 Å². The Labute approximate surface area is 143 Å². The first-order chi connectivity index (χ1) is 11.7. The molecule has 1 N–H and O–H groups in total. The Bertz CT molecular complexity index is 1160. The normalized spacial score (nSPS) is 11.6. The highest BCUT2D eigenvalue weighted by Gasteiger charge is 2.20. The molecule has 0 aliphatic rings. The number of benzene rings is 2. The molecule has 0 bridgehead atoms. The molecule has 0 saturated carbocycles. The van der Waals surface area contributed by atoms with E-state index in [1.807, 2.05) is 0 Å². The van der Waals surface area contributed by atoms with E-state index in [0.29, 0.717) is 16.6 Å². The highest BCUT2D eigenvalue weighted by atomic mass is 32.2. The van der Waals surface area contributed by atoms with Crippen molar-refractivity contribution >= 4 is 32.6 Å². The van der Waals surface area contributed by atoms with Gasteiger partial charge in [-0.2, -0.15) is 0 Å². The number of nitrogens with zero attached hydrogens (tertiary/aromatic N) is 1. The van der Waals surface area contributed by atoms with Crippen molar-refractivity contribution in [3.05, 3.63) is 58.1 Å². The largest absolute Gasteiger partial charge is 0.419 e. The number of carbonyl (C=O) groups excluding carboxylic acids is 1. The molecule has 0 fully saturated rings. The Morgan fingerprint density at radius 1 is 1.20 bits per heavy atom. The average molecular weight is 360 g/mol.